The van der Waals surface area contributed by atoms with E-state index in [1.54, 1.807) is 54.6 Å². The van der Waals surface area contributed by atoms with Gasteiger partial charge in [0.25, 0.3) is 0 Å². The van der Waals surface area contributed by atoms with Crippen molar-refractivity contribution in [2.45, 2.75) is 6.61 Å². The highest BCUT2D eigenvalue weighted by Gasteiger charge is 2.28. The summed E-state index contributed by atoms with van der Waals surface area (Å²) < 4.78 is 35.8. The Morgan fingerprint density at radius 1 is 0.966 bits per heavy atom. The third kappa shape index (κ3) is 3.29. The number of ether oxygens (including phenoxy) is 4. The van der Waals surface area contributed by atoms with Gasteiger partial charge in [0.2, 0.25) is 12.6 Å². The van der Waals surface area contributed by atoms with Crippen molar-refractivity contribution in [3.05, 3.63) is 88.9 Å². The maximum atomic E-state index is 13.7. The number of benzene rings is 3. The summed E-state index contributed by atoms with van der Waals surface area (Å²) in [5.74, 6) is 1.88. The van der Waals surface area contributed by atoms with Gasteiger partial charge in [-0.3, -0.25) is 4.79 Å². The molecule has 6 heteroatoms. The van der Waals surface area contributed by atoms with Crippen LogP contribution in [0.25, 0.3) is 6.08 Å². The van der Waals surface area contributed by atoms with E-state index in [-0.39, 0.29) is 30.8 Å². The minimum absolute atomic E-state index is 0.0826. The molecule has 144 valence electrons. The van der Waals surface area contributed by atoms with Gasteiger partial charge in [-0.05, 0) is 42.0 Å². The van der Waals surface area contributed by atoms with Gasteiger partial charge in [-0.1, -0.05) is 24.3 Å². The highest BCUT2D eigenvalue weighted by Crippen LogP contribution is 2.37. The van der Waals surface area contributed by atoms with Crippen molar-refractivity contribution in [1.82, 2.24) is 0 Å². The van der Waals surface area contributed by atoms with E-state index in [9.17, 15) is 9.18 Å². The fourth-order valence-corrected chi connectivity index (χ4v) is 3.19. The first-order chi connectivity index (χ1) is 14.2. The first-order valence-electron chi connectivity index (χ1n) is 9.01. The second-order valence-electron chi connectivity index (χ2n) is 6.59. The molecule has 29 heavy (non-hydrogen) atoms. The predicted molar refractivity (Wildman–Crippen MR) is 103 cm³/mol. The molecule has 0 saturated carbocycles. The van der Waals surface area contributed by atoms with E-state index >= 15 is 0 Å². The summed E-state index contributed by atoms with van der Waals surface area (Å²) in [6.45, 7) is 0.269. The normalized spacial score (nSPS) is 15.3. The molecule has 5 nitrogen and oxygen atoms in total. The van der Waals surface area contributed by atoms with Crippen molar-refractivity contribution in [2.75, 3.05) is 6.79 Å². The zero-order chi connectivity index (χ0) is 19.8. The molecular formula is C23H15FO5. The second kappa shape index (κ2) is 6.98. The summed E-state index contributed by atoms with van der Waals surface area (Å²) in [7, 11) is 0. The average Bonchev–Trinajstić information content (AvgIpc) is 3.31. The third-order valence-corrected chi connectivity index (χ3v) is 4.69. The Kier molecular flexibility index (Phi) is 4.17. The molecule has 0 amide bonds. The molecule has 0 radical (unpaired) electrons. The molecule has 2 aliphatic heterocycles. The lowest BCUT2D eigenvalue weighted by atomic mass is 10.1. The first-order valence-corrected chi connectivity index (χ1v) is 9.01. The summed E-state index contributed by atoms with van der Waals surface area (Å²) in [6.07, 6.45) is 1.66. The van der Waals surface area contributed by atoms with E-state index < -0.39 is 0 Å². The van der Waals surface area contributed by atoms with Crippen molar-refractivity contribution in [1.29, 1.82) is 0 Å². The van der Waals surface area contributed by atoms with E-state index in [0.717, 1.165) is 5.56 Å². The topological polar surface area (TPSA) is 54.0 Å². The zero-order valence-corrected chi connectivity index (χ0v) is 15.2. The van der Waals surface area contributed by atoms with Crippen LogP contribution in [0.15, 0.2) is 66.4 Å². The van der Waals surface area contributed by atoms with E-state index in [0.29, 0.717) is 34.1 Å². The van der Waals surface area contributed by atoms with Gasteiger partial charge < -0.3 is 18.9 Å². The molecule has 0 spiro atoms. The number of hydrogen-bond acceptors (Lipinski definition) is 5. The molecule has 0 saturated heterocycles. The number of halogens is 1. The third-order valence-electron chi connectivity index (χ3n) is 4.69. The number of Topliss-reactive ketones (excluding diaryl/α,β-unsaturated/α-hetero) is 1. The highest BCUT2D eigenvalue weighted by atomic mass is 19.1. The summed E-state index contributed by atoms with van der Waals surface area (Å²) >= 11 is 0. The van der Waals surface area contributed by atoms with Crippen LogP contribution < -0.4 is 18.9 Å². The molecule has 0 unspecified atom stereocenters. The Balaban J connectivity index is 1.35. The van der Waals surface area contributed by atoms with E-state index in [4.69, 9.17) is 18.9 Å². The van der Waals surface area contributed by atoms with Gasteiger partial charge in [-0.15, -0.1) is 0 Å². The Morgan fingerprint density at radius 3 is 2.72 bits per heavy atom. The van der Waals surface area contributed by atoms with Crippen LogP contribution in [-0.2, 0) is 6.61 Å². The van der Waals surface area contributed by atoms with Gasteiger partial charge in [-0.2, -0.15) is 0 Å². The van der Waals surface area contributed by atoms with E-state index in [1.807, 2.05) is 6.07 Å². The molecule has 3 aromatic rings. The van der Waals surface area contributed by atoms with Crippen molar-refractivity contribution < 1.29 is 28.1 Å². The molecule has 5 rings (SSSR count). The van der Waals surface area contributed by atoms with Crippen LogP contribution in [0.5, 0.6) is 23.0 Å². The predicted octanol–water partition coefficient (Wildman–Crippen LogP) is 4.75. The summed E-state index contributed by atoms with van der Waals surface area (Å²) in [5, 5.41) is 0. The summed E-state index contributed by atoms with van der Waals surface area (Å²) in [5.41, 5.74) is 1.67. The molecule has 2 aliphatic rings. The molecule has 0 aromatic heterocycles. The average molecular weight is 390 g/mol. The molecule has 0 atom stereocenters. The minimum atomic E-state index is -0.325. The summed E-state index contributed by atoms with van der Waals surface area (Å²) in [6, 6.07) is 16.8. The van der Waals surface area contributed by atoms with Crippen molar-refractivity contribution in [3.63, 3.8) is 0 Å². The Morgan fingerprint density at radius 2 is 1.83 bits per heavy atom. The SMILES string of the molecule is O=C1/C(=C/c2ccc3c(c2)OCO3)Oc2cc(OCc3ccccc3F)ccc21. The number of carbonyl (C=O) groups excluding carboxylic acids is 1. The Hall–Kier alpha value is -3.80. The van der Waals surface area contributed by atoms with Crippen molar-refractivity contribution in [3.8, 4) is 23.0 Å². The van der Waals surface area contributed by atoms with Crippen LogP contribution >= 0.6 is 0 Å². The smallest absolute Gasteiger partial charge is 0.231 e. The van der Waals surface area contributed by atoms with Crippen molar-refractivity contribution in [2.24, 2.45) is 0 Å². The quantitative estimate of drug-likeness (QED) is 0.602. The van der Waals surface area contributed by atoms with Crippen molar-refractivity contribution >= 4 is 11.9 Å². The lowest BCUT2D eigenvalue weighted by Gasteiger charge is -2.08. The van der Waals surface area contributed by atoms with Gasteiger partial charge in [-0.25, -0.2) is 4.39 Å². The number of fused-ring (bicyclic) bond motifs is 2. The molecular weight excluding hydrogens is 375 g/mol. The van der Waals surface area contributed by atoms with Gasteiger partial charge in [0.1, 0.15) is 23.9 Å². The first kappa shape index (κ1) is 17.3. The van der Waals surface area contributed by atoms with E-state index in [2.05, 4.69) is 0 Å². The zero-order valence-electron chi connectivity index (χ0n) is 15.2. The van der Waals surface area contributed by atoms with Gasteiger partial charge in [0.05, 0.1) is 5.56 Å². The van der Waals surface area contributed by atoms with Crippen LogP contribution in [0.4, 0.5) is 4.39 Å². The maximum Gasteiger partial charge on any atom is 0.231 e. The molecule has 3 aromatic carbocycles. The van der Waals surface area contributed by atoms with Gasteiger partial charge in [0.15, 0.2) is 17.3 Å². The molecule has 0 bridgehead atoms. The molecule has 2 heterocycles. The van der Waals surface area contributed by atoms with E-state index in [1.165, 1.54) is 6.07 Å². The highest BCUT2D eigenvalue weighted by molar-refractivity contribution is 6.14. The van der Waals surface area contributed by atoms with Crippen LogP contribution in [0.1, 0.15) is 21.5 Å². The minimum Gasteiger partial charge on any atom is -0.489 e. The van der Waals surface area contributed by atoms with Gasteiger partial charge >= 0.3 is 0 Å². The standard InChI is InChI=1S/C23H15FO5/c24-18-4-2-1-3-15(18)12-26-16-6-7-17-20(11-16)29-22(23(17)25)10-14-5-8-19-21(9-14)28-13-27-19/h1-11H,12-13H2/b22-10-. The lowest BCUT2D eigenvalue weighted by molar-refractivity contribution is 0.101. The number of hydrogen-bond donors (Lipinski definition) is 0. The summed E-state index contributed by atoms with van der Waals surface area (Å²) in [4.78, 5) is 12.6. The largest absolute Gasteiger partial charge is 0.489 e. The number of carbonyl (C=O) groups is 1. The van der Waals surface area contributed by atoms with Crippen LogP contribution in [-0.4, -0.2) is 12.6 Å². The lowest BCUT2D eigenvalue weighted by Crippen LogP contribution is -1.98. The fraction of sp³-hybridized carbons (Fsp3) is 0.0870. The number of ketones is 1. The fourth-order valence-electron chi connectivity index (χ4n) is 3.19. The Labute approximate surface area is 165 Å². The Bertz CT molecular complexity index is 1150. The van der Waals surface area contributed by atoms with Crippen LogP contribution in [0, 0.1) is 5.82 Å². The monoisotopic (exact) mass is 390 g/mol. The van der Waals surface area contributed by atoms with Crippen LogP contribution in [0.3, 0.4) is 0 Å². The van der Waals surface area contributed by atoms with Gasteiger partial charge in [0, 0.05) is 11.6 Å². The molecule has 0 N–H and O–H groups in total. The number of rotatable bonds is 4. The number of allylic oxidation sites excluding steroid dienone is 1. The maximum absolute atomic E-state index is 13.7. The van der Waals surface area contributed by atoms with Crippen LogP contribution in [0.2, 0.25) is 0 Å². The molecule has 0 aliphatic carbocycles. The molecule has 0 fully saturated rings. The second-order valence-corrected chi connectivity index (χ2v) is 6.59.